The molecule has 0 aliphatic carbocycles. The summed E-state index contributed by atoms with van der Waals surface area (Å²) in [5, 5.41) is 5.09. The van der Waals surface area contributed by atoms with E-state index in [1.807, 2.05) is 23.5 Å². The van der Waals surface area contributed by atoms with Crippen molar-refractivity contribution in [2.75, 3.05) is 18.1 Å². The van der Waals surface area contributed by atoms with Gasteiger partial charge in [0.05, 0.1) is 11.2 Å². The maximum Gasteiger partial charge on any atom is 0.231 e. The molecule has 2 N–H and O–H groups in total. The number of nitrogens with zero attached hydrogens (tertiary/aromatic N) is 2. The number of nitrogens with two attached hydrogens (primary N) is 1. The molecule has 2 heterocycles. The van der Waals surface area contributed by atoms with Gasteiger partial charge >= 0.3 is 0 Å². The lowest BCUT2D eigenvalue weighted by Gasteiger charge is -2.24. The summed E-state index contributed by atoms with van der Waals surface area (Å²) in [7, 11) is 0. The molecule has 0 saturated carbocycles. The average molecular weight is 301 g/mol. The van der Waals surface area contributed by atoms with Crippen molar-refractivity contribution in [3.05, 3.63) is 11.7 Å². The van der Waals surface area contributed by atoms with E-state index in [1.165, 1.54) is 5.75 Å². The fourth-order valence-corrected chi connectivity index (χ4v) is 4.99. The molecule has 3 unspecified atom stereocenters. The molecule has 19 heavy (non-hydrogen) atoms. The summed E-state index contributed by atoms with van der Waals surface area (Å²) in [6.07, 6.45) is 1.00. The summed E-state index contributed by atoms with van der Waals surface area (Å²) in [5.74, 6) is 4.72. The van der Waals surface area contributed by atoms with Gasteiger partial charge in [0, 0.05) is 23.3 Å². The van der Waals surface area contributed by atoms with E-state index in [9.17, 15) is 0 Å². The summed E-state index contributed by atoms with van der Waals surface area (Å²) < 4.78 is 5.46. The Morgan fingerprint density at radius 1 is 1.37 bits per heavy atom. The molecule has 1 saturated heterocycles. The molecule has 1 fully saturated rings. The number of hydrogen-bond donors (Lipinski definition) is 1. The molecule has 0 spiro atoms. The average Bonchev–Trinajstić information content (AvgIpc) is 2.85. The second kappa shape index (κ2) is 6.99. The summed E-state index contributed by atoms with van der Waals surface area (Å²) >= 11 is 3.92. The van der Waals surface area contributed by atoms with Gasteiger partial charge in [-0.3, -0.25) is 0 Å². The predicted octanol–water partition coefficient (Wildman–Crippen LogP) is 3.07. The van der Waals surface area contributed by atoms with E-state index in [2.05, 4.69) is 30.9 Å². The lowest BCUT2D eigenvalue weighted by atomic mass is 9.97. The Labute approximate surface area is 123 Å². The lowest BCUT2D eigenvalue weighted by Crippen LogP contribution is -2.18. The molecule has 0 amide bonds. The van der Waals surface area contributed by atoms with E-state index < -0.39 is 0 Å². The van der Waals surface area contributed by atoms with Crippen molar-refractivity contribution in [2.24, 2.45) is 11.7 Å². The minimum atomic E-state index is 0.192. The molecule has 0 aromatic carbocycles. The van der Waals surface area contributed by atoms with Crippen LogP contribution < -0.4 is 5.73 Å². The first kappa shape index (κ1) is 15.2. The summed E-state index contributed by atoms with van der Waals surface area (Å²) in [6.45, 7) is 7.19. The number of aromatic nitrogens is 2. The van der Waals surface area contributed by atoms with Gasteiger partial charge in [-0.05, 0) is 12.3 Å². The first-order valence-corrected chi connectivity index (χ1v) is 8.98. The summed E-state index contributed by atoms with van der Waals surface area (Å²) in [4.78, 5) is 4.62. The van der Waals surface area contributed by atoms with Crippen LogP contribution in [-0.4, -0.2) is 33.4 Å². The molecule has 4 nitrogen and oxygen atoms in total. The minimum absolute atomic E-state index is 0.192. The van der Waals surface area contributed by atoms with E-state index in [1.54, 1.807) is 0 Å². The topological polar surface area (TPSA) is 64.9 Å². The molecule has 6 heteroatoms. The SMILES string of the molecule is CC(C)CC(CN)c1nc(C2SCCSC2C)no1. The molecule has 1 aromatic rings. The second-order valence-electron chi connectivity index (χ2n) is 5.42. The van der Waals surface area contributed by atoms with Gasteiger partial charge in [-0.1, -0.05) is 25.9 Å². The van der Waals surface area contributed by atoms with Gasteiger partial charge < -0.3 is 10.3 Å². The third-order valence-corrected chi connectivity index (χ3v) is 6.38. The zero-order valence-corrected chi connectivity index (χ0v) is 13.5. The van der Waals surface area contributed by atoms with Gasteiger partial charge in [0.15, 0.2) is 5.82 Å². The van der Waals surface area contributed by atoms with Crippen molar-refractivity contribution in [1.82, 2.24) is 10.1 Å². The Hall–Kier alpha value is -0.200. The smallest absolute Gasteiger partial charge is 0.231 e. The van der Waals surface area contributed by atoms with Gasteiger partial charge in [0.25, 0.3) is 0 Å². The maximum atomic E-state index is 5.83. The Morgan fingerprint density at radius 3 is 2.74 bits per heavy atom. The Bertz CT molecular complexity index is 397. The van der Waals surface area contributed by atoms with Gasteiger partial charge in [0.1, 0.15) is 0 Å². The molecule has 3 atom stereocenters. The van der Waals surface area contributed by atoms with E-state index >= 15 is 0 Å². The van der Waals surface area contributed by atoms with Crippen LogP contribution in [0.3, 0.4) is 0 Å². The van der Waals surface area contributed by atoms with Crippen molar-refractivity contribution in [3.63, 3.8) is 0 Å². The quantitative estimate of drug-likeness (QED) is 0.901. The van der Waals surface area contributed by atoms with Crippen molar-refractivity contribution in [2.45, 2.75) is 43.6 Å². The number of hydrogen-bond acceptors (Lipinski definition) is 6. The lowest BCUT2D eigenvalue weighted by molar-refractivity contribution is 0.331. The molecular weight excluding hydrogens is 278 g/mol. The highest BCUT2D eigenvalue weighted by molar-refractivity contribution is 8.06. The largest absolute Gasteiger partial charge is 0.339 e. The highest BCUT2D eigenvalue weighted by atomic mass is 32.2. The molecule has 1 aliphatic rings. The Balaban J connectivity index is 2.08. The molecule has 0 radical (unpaired) electrons. The fraction of sp³-hybridized carbons (Fsp3) is 0.846. The molecule has 108 valence electrons. The summed E-state index contributed by atoms with van der Waals surface area (Å²) in [5.41, 5.74) is 5.83. The van der Waals surface area contributed by atoms with Gasteiger partial charge in [0.2, 0.25) is 5.89 Å². The zero-order chi connectivity index (χ0) is 13.8. The van der Waals surface area contributed by atoms with Crippen molar-refractivity contribution in [1.29, 1.82) is 0 Å². The standard InChI is InChI=1S/C13H23N3OS2/c1-8(2)6-10(7-14)13-15-12(16-17-13)11-9(3)18-4-5-19-11/h8-11H,4-7,14H2,1-3H3. The molecule has 2 rings (SSSR count). The first-order chi connectivity index (χ1) is 9.11. The molecule has 0 bridgehead atoms. The predicted molar refractivity (Wildman–Crippen MR) is 82.7 cm³/mol. The van der Waals surface area contributed by atoms with E-state index in [0.717, 1.165) is 23.9 Å². The monoisotopic (exact) mass is 301 g/mol. The Kier molecular flexibility index (Phi) is 5.59. The maximum absolute atomic E-state index is 5.83. The number of rotatable bonds is 5. The minimum Gasteiger partial charge on any atom is -0.339 e. The third kappa shape index (κ3) is 3.89. The third-order valence-electron chi connectivity index (χ3n) is 3.29. The van der Waals surface area contributed by atoms with Crippen molar-refractivity contribution >= 4 is 23.5 Å². The molecular formula is C13H23N3OS2. The van der Waals surface area contributed by atoms with E-state index in [-0.39, 0.29) is 5.92 Å². The highest BCUT2D eigenvalue weighted by Gasteiger charge is 2.29. The fourth-order valence-electron chi connectivity index (χ4n) is 2.31. The van der Waals surface area contributed by atoms with Crippen molar-refractivity contribution < 1.29 is 4.52 Å². The van der Waals surface area contributed by atoms with Crippen LogP contribution in [0.15, 0.2) is 4.52 Å². The van der Waals surface area contributed by atoms with Crippen LogP contribution in [-0.2, 0) is 0 Å². The van der Waals surface area contributed by atoms with Crippen LogP contribution in [0.4, 0.5) is 0 Å². The summed E-state index contributed by atoms with van der Waals surface area (Å²) in [6, 6.07) is 0. The molecule has 1 aliphatic heterocycles. The number of thioether (sulfide) groups is 2. The van der Waals surface area contributed by atoms with Gasteiger partial charge in [-0.25, -0.2) is 0 Å². The highest BCUT2D eigenvalue weighted by Crippen LogP contribution is 2.41. The van der Waals surface area contributed by atoms with Gasteiger partial charge in [-0.15, -0.1) is 11.8 Å². The first-order valence-electron chi connectivity index (χ1n) is 6.88. The van der Waals surface area contributed by atoms with Crippen LogP contribution in [0.2, 0.25) is 0 Å². The van der Waals surface area contributed by atoms with Crippen LogP contribution in [0.1, 0.15) is 50.1 Å². The zero-order valence-electron chi connectivity index (χ0n) is 11.8. The second-order valence-corrected chi connectivity index (χ2v) is 8.15. The van der Waals surface area contributed by atoms with Crippen LogP contribution >= 0.6 is 23.5 Å². The van der Waals surface area contributed by atoms with Crippen LogP contribution in [0, 0.1) is 5.92 Å². The Morgan fingerprint density at radius 2 is 2.11 bits per heavy atom. The van der Waals surface area contributed by atoms with E-state index in [0.29, 0.717) is 23.0 Å². The van der Waals surface area contributed by atoms with Gasteiger partial charge in [-0.2, -0.15) is 16.7 Å². The molecule has 1 aromatic heterocycles. The normalized spacial score (nSPS) is 25.7. The van der Waals surface area contributed by atoms with Crippen molar-refractivity contribution in [3.8, 4) is 0 Å². The van der Waals surface area contributed by atoms with Crippen LogP contribution in [0.5, 0.6) is 0 Å². The van der Waals surface area contributed by atoms with Crippen LogP contribution in [0.25, 0.3) is 0 Å². The van der Waals surface area contributed by atoms with E-state index in [4.69, 9.17) is 10.3 Å².